The molecule has 0 saturated carbocycles. The van der Waals surface area contributed by atoms with Crippen LogP contribution in [0.1, 0.15) is 99.9 Å². The van der Waals surface area contributed by atoms with Crippen molar-refractivity contribution < 1.29 is 44.2 Å². The number of fused-ring (bicyclic) bond motifs is 46. The summed E-state index contributed by atoms with van der Waals surface area (Å²) in [6.07, 6.45) is 0. The van der Waals surface area contributed by atoms with Gasteiger partial charge in [0.25, 0.3) is 0 Å². The summed E-state index contributed by atoms with van der Waals surface area (Å²) >= 11 is 0. The summed E-state index contributed by atoms with van der Waals surface area (Å²) < 4.78 is 71.9. The van der Waals surface area contributed by atoms with Gasteiger partial charge in [-0.15, -0.1) is 0 Å². The first-order chi connectivity index (χ1) is 69.3. The maximum absolute atomic E-state index is 7.67. The van der Waals surface area contributed by atoms with E-state index >= 15 is 0 Å². The largest absolute Gasteiger partial charge is 0.456 e. The molecule has 0 amide bonds. The molecule has 0 atom stereocenters. The van der Waals surface area contributed by atoms with Gasteiger partial charge < -0.3 is 44.2 Å². The lowest BCUT2D eigenvalue weighted by Crippen LogP contribution is -2.17. The van der Waals surface area contributed by atoms with Gasteiger partial charge in [-0.05, 0) is 280 Å². The van der Waals surface area contributed by atoms with Crippen LogP contribution >= 0.6 is 0 Å². The Bertz CT molecular complexity index is 11300. The third-order valence-electron chi connectivity index (χ3n) is 33.8. The maximum atomic E-state index is 7.67. The fraction of sp³-hybridized carbons (Fsp3) is 0.0909. The molecular weight excluding hydrogens is 1750 g/mol. The number of para-hydroxylation sites is 4. The Morgan fingerprint density at radius 1 is 0.127 bits per heavy atom. The molecule has 0 saturated heterocycles. The van der Waals surface area contributed by atoms with Crippen LogP contribution in [-0.2, 0) is 21.7 Å². The molecule has 30 aromatic rings. The van der Waals surface area contributed by atoms with E-state index in [1.165, 1.54) is 89.0 Å². The summed E-state index contributed by atoms with van der Waals surface area (Å²) in [6, 6.07) is 119. The third-order valence-corrected chi connectivity index (χ3v) is 33.8. The molecule has 0 radical (unpaired) electrons. The van der Waals surface area contributed by atoms with Gasteiger partial charge in [0.15, 0.2) is 0 Å². The Labute approximate surface area is 807 Å². The van der Waals surface area contributed by atoms with Gasteiger partial charge in [-0.3, -0.25) is 0 Å². The van der Waals surface area contributed by atoms with Crippen LogP contribution < -0.4 is 0 Å². The van der Waals surface area contributed by atoms with E-state index in [1.807, 2.05) is 36.4 Å². The Kier molecular flexibility index (Phi) is 13.8. The molecular formula is C132H78O10. The van der Waals surface area contributed by atoms with Crippen molar-refractivity contribution in [2.24, 2.45) is 0 Å². The van der Waals surface area contributed by atoms with Crippen molar-refractivity contribution in [3.63, 3.8) is 0 Å². The van der Waals surface area contributed by atoms with Crippen LogP contribution in [0.5, 0.6) is 0 Å². The van der Waals surface area contributed by atoms with Crippen LogP contribution in [0.15, 0.2) is 372 Å². The highest BCUT2D eigenvalue weighted by Gasteiger charge is 2.45. The second-order valence-electron chi connectivity index (χ2n) is 42.5. The monoisotopic (exact) mass is 1820 g/mol. The third kappa shape index (κ3) is 9.56. The summed E-state index contributed by atoms with van der Waals surface area (Å²) in [5, 5.41) is 19.4. The molecule has 10 aromatic heterocycles. The van der Waals surface area contributed by atoms with Crippen LogP contribution in [0.3, 0.4) is 0 Å². The molecule has 10 heteroatoms. The van der Waals surface area contributed by atoms with Crippen molar-refractivity contribution >= 4 is 219 Å². The van der Waals surface area contributed by atoms with E-state index in [0.29, 0.717) is 27.9 Å². The van der Waals surface area contributed by atoms with Crippen molar-refractivity contribution in [1.29, 1.82) is 0 Å². The van der Waals surface area contributed by atoms with Gasteiger partial charge in [-0.2, -0.15) is 0 Å². The fourth-order valence-corrected chi connectivity index (χ4v) is 26.9. The number of hydrogen-bond donors (Lipinski definition) is 0. The Balaban J connectivity index is 0.556. The highest BCUT2D eigenvalue weighted by molar-refractivity contribution is 6.36. The Hall–Kier alpha value is -17.6. The van der Waals surface area contributed by atoms with E-state index in [1.54, 1.807) is 0 Å². The molecule has 0 unspecified atom stereocenters. The quantitative estimate of drug-likeness (QED) is 0.164. The summed E-state index contributed by atoms with van der Waals surface area (Å²) in [5.74, 6) is 0. The standard InChI is InChI=1S/C132H78O10/c1-129(2)93-27-15-9-21-69(93)85-51-99-87(53-97(85)129)71-39-35-65(45-95(71)131(99,5)6)81-55-113-117(121-77-25-13-19-31-103(77)139-125(81)121)89-59-111-91(61-109(89)135-113)119-114(136-111)56-82(66-36-40-72-88-54-98-86(52-100(88)132(7,8)96(72)46-66)70-22-10-16-28-94(70)130(98,3)4)127-123(119)79-43-33-63(47-107(79)141-127)64-34-44-80-108(48-64)142-128-84(68-38-42-76-74-24-12-18-30-102(74)134-106(76)50-68)58-116-120(124(80)128)92-62-110-90(60-112(92)138-116)118-115(137-110)57-83(126-122(118)78-26-14-20-32-104(78)140-126)67-37-41-75-73-23-11-17-29-101(73)133-105(75)49-67/h9-62H,1-8H3. The molecule has 34 rings (SSSR count). The van der Waals surface area contributed by atoms with E-state index in [9.17, 15) is 0 Å². The van der Waals surface area contributed by atoms with Crippen LogP contribution in [0.2, 0.25) is 0 Å². The fourth-order valence-electron chi connectivity index (χ4n) is 26.9. The van der Waals surface area contributed by atoms with Gasteiger partial charge in [0.05, 0.1) is 0 Å². The lowest BCUT2D eigenvalue weighted by molar-refractivity contribution is 0.652. The predicted molar refractivity (Wildman–Crippen MR) is 577 cm³/mol. The van der Waals surface area contributed by atoms with Crippen molar-refractivity contribution in [1.82, 2.24) is 0 Å². The van der Waals surface area contributed by atoms with Gasteiger partial charge in [0.1, 0.15) is 112 Å². The van der Waals surface area contributed by atoms with Gasteiger partial charge in [-0.1, -0.05) is 225 Å². The minimum atomic E-state index is -0.345. The molecule has 142 heavy (non-hydrogen) atoms. The second kappa shape index (κ2) is 25.7. The first kappa shape index (κ1) is 76.5. The molecule has 0 N–H and O–H groups in total. The highest BCUT2D eigenvalue weighted by Crippen LogP contribution is 2.62. The zero-order chi connectivity index (χ0) is 93.4. The molecule has 4 aliphatic carbocycles. The Morgan fingerprint density at radius 3 is 0.711 bits per heavy atom. The molecule has 0 aliphatic heterocycles. The average molecular weight is 1820 g/mol. The maximum Gasteiger partial charge on any atom is 0.144 e. The normalized spacial score (nSPS) is 14.8. The van der Waals surface area contributed by atoms with Crippen molar-refractivity contribution in [2.75, 3.05) is 0 Å². The number of benzene rings is 20. The van der Waals surface area contributed by atoms with Crippen LogP contribution in [0.4, 0.5) is 0 Å². The SMILES string of the molecule is CC1(C)c2ccccc2-c2cc3c(cc21)-c1ccc(-c2cc4oc5cc6c(cc5c4c4c2oc2ccccc24)oc2cc(-c4ccc5c(c4)C(C)(C)c4cc7c(cc4-5)C(C)(C)c4ccccc4-7)c4oc5cc(-c7ccc8c(c7)oc7c(-c9ccc%10c(c9)oc9ccccc9%10)cc9oc%10cc%11c(cc%10c9c78)oc7cc(-c8ccc9c(c8)oc8ccccc89)c8oc9ccccc9c8c7%11)ccc5c4c26)cc1C3(C)C. The predicted octanol–water partition coefficient (Wildman–Crippen LogP) is 38.2. The first-order valence-corrected chi connectivity index (χ1v) is 49.2. The highest BCUT2D eigenvalue weighted by atomic mass is 16.4. The summed E-state index contributed by atoms with van der Waals surface area (Å²) in [4.78, 5) is 0. The van der Waals surface area contributed by atoms with E-state index in [-0.39, 0.29) is 21.7 Å². The molecule has 10 nitrogen and oxygen atoms in total. The lowest BCUT2D eigenvalue weighted by atomic mass is 9.79. The molecule has 0 spiro atoms. The minimum Gasteiger partial charge on any atom is -0.456 e. The van der Waals surface area contributed by atoms with Gasteiger partial charge >= 0.3 is 0 Å². The van der Waals surface area contributed by atoms with E-state index < -0.39 is 0 Å². The zero-order valence-corrected chi connectivity index (χ0v) is 78.3. The van der Waals surface area contributed by atoms with Gasteiger partial charge in [-0.25, -0.2) is 0 Å². The van der Waals surface area contributed by atoms with E-state index in [4.69, 9.17) is 44.2 Å². The lowest BCUT2D eigenvalue weighted by Gasteiger charge is -2.24. The smallest absolute Gasteiger partial charge is 0.144 e. The first-order valence-electron chi connectivity index (χ1n) is 49.2. The summed E-state index contributed by atoms with van der Waals surface area (Å²) in [5.41, 5.74) is 45.0. The van der Waals surface area contributed by atoms with Gasteiger partial charge in [0.2, 0.25) is 0 Å². The van der Waals surface area contributed by atoms with Crippen molar-refractivity contribution in [3.05, 3.63) is 372 Å². The van der Waals surface area contributed by atoms with E-state index in [0.717, 1.165) is 247 Å². The molecule has 666 valence electrons. The molecule has 4 aliphatic rings. The second-order valence-corrected chi connectivity index (χ2v) is 42.5. The molecule has 20 aromatic carbocycles. The molecule has 0 fully saturated rings. The minimum absolute atomic E-state index is 0.124. The number of furan rings is 10. The Morgan fingerprint density at radius 2 is 0.352 bits per heavy atom. The molecule has 10 heterocycles. The molecule has 0 bridgehead atoms. The zero-order valence-electron chi connectivity index (χ0n) is 78.3. The van der Waals surface area contributed by atoms with Crippen molar-refractivity contribution in [3.8, 4) is 100 Å². The average Bonchev–Trinajstić information content (AvgIpc) is 1.53. The van der Waals surface area contributed by atoms with Crippen molar-refractivity contribution in [2.45, 2.75) is 77.0 Å². The number of hydrogen-bond acceptors (Lipinski definition) is 10. The van der Waals surface area contributed by atoms with Crippen LogP contribution in [0.25, 0.3) is 320 Å². The summed E-state index contributed by atoms with van der Waals surface area (Å²) in [6.45, 7) is 19.0. The van der Waals surface area contributed by atoms with Crippen LogP contribution in [0, 0.1) is 0 Å². The number of rotatable bonds is 5. The van der Waals surface area contributed by atoms with Gasteiger partial charge in [0, 0.05) is 152 Å². The van der Waals surface area contributed by atoms with Crippen LogP contribution in [-0.4, -0.2) is 0 Å². The summed E-state index contributed by atoms with van der Waals surface area (Å²) in [7, 11) is 0. The van der Waals surface area contributed by atoms with E-state index in [2.05, 4.69) is 347 Å². The topological polar surface area (TPSA) is 131 Å².